The normalized spacial score (nSPS) is 10.5. The summed E-state index contributed by atoms with van der Waals surface area (Å²) in [5, 5.41) is 18.6. The molecule has 1 aromatic carbocycles. The monoisotopic (exact) mass is 177 g/mol. The summed E-state index contributed by atoms with van der Waals surface area (Å²) in [4.78, 5) is 10.7. The first-order valence-electron chi connectivity index (χ1n) is 3.72. The van der Waals surface area contributed by atoms with Crippen LogP contribution in [-0.4, -0.2) is 20.9 Å². The Morgan fingerprint density at radius 3 is 2.77 bits per heavy atom. The summed E-state index contributed by atoms with van der Waals surface area (Å²) < 4.78 is 1.11. The van der Waals surface area contributed by atoms with Crippen LogP contribution in [0.25, 0.3) is 10.9 Å². The third-order valence-electron chi connectivity index (χ3n) is 1.88. The number of hydrogen-bond acceptors (Lipinski definition) is 2. The van der Waals surface area contributed by atoms with E-state index in [1.165, 1.54) is 18.3 Å². The third-order valence-corrected chi connectivity index (χ3v) is 1.88. The molecule has 0 aliphatic carbocycles. The zero-order chi connectivity index (χ0) is 9.42. The summed E-state index contributed by atoms with van der Waals surface area (Å²) in [6.45, 7) is 0. The molecule has 2 N–H and O–H groups in total. The van der Waals surface area contributed by atoms with Crippen molar-refractivity contribution in [3.63, 3.8) is 0 Å². The fraction of sp³-hybridized carbons (Fsp3) is 0. The van der Waals surface area contributed by atoms with Crippen LogP contribution in [0.4, 0.5) is 4.79 Å². The van der Waals surface area contributed by atoms with E-state index >= 15 is 0 Å². The Labute approximate surface area is 73.6 Å². The maximum absolute atomic E-state index is 10.7. The Balaban J connectivity index is 2.76. The summed E-state index contributed by atoms with van der Waals surface area (Å²) in [5.74, 6) is 0.135. The van der Waals surface area contributed by atoms with Crippen LogP contribution >= 0.6 is 0 Å². The zero-order valence-electron chi connectivity index (χ0n) is 6.64. The lowest BCUT2D eigenvalue weighted by Crippen LogP contribution is -2.05. The highest BCUT2D eigenvalue weighted by Gasteiger charge is 2.05. The summed E-state index contributed by atoms with van der Waals surface area (Å²) in [5.41, 5.74) is 0.574. The molecular formula is C9H7NO3. The third kappa shape index (κ3) is 1.12. The molecular weight excluding hydrogens is 170 g/mol. The molecule has 66 valence electrons. The van der Waals surface area contributed by atoms with Crippen molar-refractivity contribution < 1.29 is 15.0 Å². The SMILES string of the molecule is O=C(O)n1ccc2cc(O)ccc21. The van der Waals surface area contributed by atoms with Crippen molar-refractivity contribution in [2.24, 2.45) is 0 Å². The van der Waals surface area contributed by atoms with E-state index in [1.54, 1.807) is 12.1 Å². The number of fused-ring (bicyclic) bond motifs is 1. The molecule has 0 saturated carbocycles. The minimum absolute atomic E-state index is 0.135. The van der Waals surface area contributed by atoms with Gasteiger partial charge in [0.15, 0.2) is 0 Å². The Bertz CT molecular complexity index is 473. The molecule has 2 aromatic rings. The summed E-state index contributed by atoms with van der Waals surface area (Å²) in [6.07, 6.45) is 0.424. The van der Waals surface area contributed by atoms with E-state index in [2.05, 4.69) is 0 Å². The highest BCUT2D eigenvalue weighted by molar-refractivity contribution is 5.89. The Hall–Kier alpha value is -1.97. The summed E-state index contributed by atoms with van der Waals surface area (Å²) in [6, 6.07) is 6.19. The van der Waals surface area contributed by atoms with Crippen molar-refractivity contribution in [3.8, 4) is 5.75 Å². The topological polar surface area (TPSA) is 62.5 Å². The van der Waals surface area contributed by atoms with Gasteiger partial charge in [-0.25, -0.2) is 4.79 Å². The molecule has 1 aromatic heterocycles. The minimum Gasteiger partial charge on any atom is -0.508 e. The molecule has 0 aliphatic rings. The first-order valence-corrected chi connectivity index (χ1v) is 3.72. The molecule has 0 saturated heterocycles. The van der Waals surface area contributed by atoms with E-state index in [4.69, 9.17) is 10.2 Å². The Morgan fingerprint density at radius 1 is 1.31 bits per heavy atom. The van der Waals surface area contributed by atoms with Crippen LogP contribution in [0.1, 0.15) is 0 Å². The van der Waals surface area contributed by atoms with E-state index in [9.17, 15) is 4.79 Å². The second-order valence-corrected chi connectivity index (χ2v) is 2.71. The average molecular weight is 177 g/mol. The van der Waals surface area contributed by atoms with Gasteiger partial charge in [0.2, 0.25) is 0 Å². The molecule has 0 aliphatic heterocycles. The van der Waals surface area contributed by atoms with E-state index in [-0.39, 0.29) is 5.75 Å². The molecule has 0 spiro atoms. The predicted molar refractivity (Wildman–Crippen MR) is 47.0 cm³/mol. The number of hydrogen-bond donors (Lipinski definition) is 2. The molecule has 0 unspecified atom stereocenters. The van der Waals surface area contributed by atoms with E-state index in [0.29, 0.717) is 10.9 Å². The van der Waals surface area contributed by atoms with Gasteiger partial charge in [0.1, 0.15) is 5.75 Å². The first kappa shape index (κ1) is 7.67. The van der Waals surface area contributed by atoms with Gasteiger partial charge in [0.25, 0.3) is 0 Å². The lowest BCUT2D eigenvalue weighted by atomic mass is 10.2. The molecule has 13 heavy (non-hydrogen) atoms. The van der Waals surface area contributed by atoms with Crippen molar-refractivity contribution in [2.75, 3.05) is 0 Å². The van der Waals surface area contributed by atoms with Gasteiger partial charge in [-0.15, -0.1) is 0 Å². The van der Waals surface area contributed by atoms with Crippen molar-refractivity contribution in [2.45, 2.75) is 0 Å². The smallest absolute Gasteiger partial charge is 0.415 e. The number of aromatic hydroxyl groups is 1. The molecule has 0 fully saturated rings. The maximum Gasteiger partial charge on any atom is 0.415 e. The number of carboxylic acid groups (broad SMARTS) is 1. The van der Waals surface area contributed by atoms with Gasteiger partial charge in [-0.1, -0.05) is 0 Å². The summed E-state index contributed by atoms with van der Waals surface area (Å²) >= 11 is 0. The van der Waals surface area contributed by atoms with Crippen LogP contribution in [-0.2, 0) is 0 Å². The largest absolute Gasteiger partial charge is 0.508 e. The average Bonchev–Trinajstić information content (AvgIpc) is 2.46. The molecule has 4 heteroatoms. The van der Waals surface area contributed by atoms with E-state index in [1.807, 2.05) is 0 Å². The molecule has 4 nitrogen and oxygen atoms in total. The number of phenolic OH excluding ortho intramolecular Hbond substituents is 1. The van der Waals surface area contributed by atoms with Crippen LogP contribution in [0.3, 0.4) is 0 Å². The number of nitrogens with zero attached hydrogens (tertiary/aromatic N) is 1. The summed E-state index contributed by atoms with van der Waals surface area (Å²) in [7, 11) is 0. The van der Waals surface area contributed by atoms with E-state index < -0.39 is 6.09 Å². The van der Waals surface area contributed by atoms with Gasteiger partial charge >= 0.3 is 6.09 Å². The quantitative estimate of drug-likeness (QED) is 0.645. The minimum atomic E-state index is -1.03. The van der Waals surface area contributed by atoms with Gasteiger partial charge in [-0.3, -0.25) is 4.57 Å². The second-order valence-electron chi connectivity index (χ2n) is 2.71. The van der Waals surface area contributed by atoms with Crippen LogP contribution < -0.4 is 0 Å². The predicted octanol–water partition coefficient (Wildman–Crippen LogP) is 1.87. The van der Waals surface area contributed by atoms with Gasteiger partial charge in [0.05, 0.1) is 5.52 Å². The second kappa shape index (κ2) is 2.52. The first-order chi connectivity index (χ1) is 6.18. The van der Waals surface area contributed by atoms with Gasteiger partial charge in [-0.05, 0) is 24.3 Å². The van der Waals surface area contributed by atoms with Gasteiger partial charge in [-0.2, -0.15) is 0 Å². The zero-order valence-corrected chi connectivity index (χ0v) is 6.64. The highest BCUT2D eigenvalue weighted by Crippen LogP contribution is 2.20. The molecule has 0 bridgehead atoms. The van der Waals surface area contributed by atoms with E-state index in [0.717, 1.165) is 4.57 Å². The molecule has 1 heterocycles. The van der Waals surface area contributed by atoms with Crippen molar-refractivity contribution >= 4 is 17.0 Å². The number of phenols is 1. The molecule has 0 amide bonds. The number of carbonyl (C=O) groups is 1. The lowest BCUT2D eigenvalue weighted by Gasteiger charge is -1.97. The molecule has 2 rings (SSSR count). The Kier molecular flexibility index (Phi) is 1.48. The fourth-order valence-corrected chi connectivity index (χ4v) is 1.30. The fourth-order valence-electron chi connectivity index (χ4n) is 1.30. The van der Waals surface area contributed by atoms with Gasteiger partial charge in [0, 0.05) is 11.6 Å². The molecule has 0 atom stereocenters. The Morgan fingerprint density at radius 2 is 2.08 bits per heavy atom. The van der Waals surface area contributed by atoms with Crippen LogP contribution in [0.15, 0.2) is 30.5 Å². The van der Waals surface area contributed by atoms with Gasteiger partial charge < -0.3 is 10.2 Å². The van der Waals surface area contributed by atoms with Crippen LogP contribution in [0, 0.1) is 0 Å². The number of rotatable bonds is 0. The standard InChI is InChI=1S/C9H7NO3/c11-7-1-2-8-6(5-7)3-4-10(8)9(12)13/h1-5,11H,(H,12,13). The van der Waals surface area contributed by atoms with Crippen molar-refractivity contribution in [1.82, 2.24) is 4.57 Å². The van der Waals surface area contributed by atoms with Crippen LogP contribution in [0.5, 0.6) is 5.75 Å². The number of aromatic nitrogens is 1. The van der Waals surface area contributed by atoms with Crippen LogP contribution in [0.2, 0.25) is 0 Å². The lowest BCUT2D eigenvalue weighted by molar-refractivity contribution is 0.197. The van der Waals surface area contributed by atoms with Crippen molar-refractivity contribution in [1.29, 1.82) is 0 Å². The molecule has 0 radical (unpaired) electrons. The highest BCUT2D eigenvalue weighted by atomic mass is 16.4. The number of benzene rings is 1. The van der Waals surface area contributed by atoms with Crippen molar-refractivity contribution in [3.05, 3.63) is 30.5 Å². The maximum atomic E-state index is 10.7.